The Labute approximate surface area is 83.2 Å². The highest BCUT2D eigenvalue weighted by atomic mass is 14.5. The van der Waals surface area contributed by atoms with Crippen molar-refractivity contribution in [2.24, 2.45) is 0 Å². The lowest BCUT2D eigenvalue weighted by Gasteiger charge is -2.68. The van der Waals surface area contributed by atoms with E-state index < -0.39 is 0 Å². The largest absolute Gasteiger partial charge is 0.144 e. The molecule has 0 spiro atoms. The Bertz CT molecular complexity index is 220. The predicted octanol–water partition coefficient (Wildman–Crippen LogP) is 3.44. The van der Waals surface area contributed by atoms with Crippen molar-refractivity contribution in [3.05, 3.63) is 0 Å². The van der Waals surface area contributed by atoms with Crippen LogP contribution in [0.4, 0.5) is 0 Å². The third kappa shape index (κ3) is 1.01. The lowest BCUT2D eigenvalue weighted by Crippen LogP contribution is -2.62. The SMILES string of the molecule is CC(C)[B]C12CCCC3CC(C1)B32. The first kappa shape index (κ1) is 8.44. The summed E-state index contributed by atoms with van der Waals surface area (Å²) >= 11 is 0. The summed E-state index contributed by atoms with van der Waals surface area (Å²) < 4.78 is 0. The van der Waals surface area contributed by atoms with E-state index in [1.165, 1.54) is 12.8 Å². The Morgan fingerprint density at radius 2 is 2.23 bits per heavy atom. The van der Waals surface area contributed by atoms with Crippen molar-refractivity contribution in [1.82, 2.24) is 0 Å². The van der Waals surface area contributed by atoms with Gasteiger partial charge in [0.2, 0.25) is 0 Å². The zero-order chi connectivity index (χ0) is 9.05. The van der Waals surface area contributed by atoms with E-state index in [0.29, 0.717) is 0 Å². The smallest absolute Gasteiger partial charge is 0.0767 e. The van der Waals surface area contributed by atoms with Crippen molar-refractivity contribution in [2.75, 3.05) is 0 Å². The fourth-order valence-corrected chi connectivity index (χ4v) is 4.67. The lowest BCUT2D eigenvalue weighted by molar-refractivity contribution is 0.320. The average molecular weight is 173 g/mol. The summed E-state index contributed by atoms with van der Waals surface area (Å²) in [5, 5.41) is 0.736. The van der Waals surface area contributed by atoms with Crippen LogP contribution in [0.1, 0.15) is 46.0 Å². The standard InChI is InChI=1S/C11H19B2/c1-8(2)12-11-5-3-4-9-6-10(7-11)13(9)11/h8-10H,3-7H2,1-2H3. The Hall–Kier alpha value is 0.130. The summed E-state index contributed by atoms with van der Waals surface area (Å²) in [6.07, 6.45) is 7.71. The molecule has 0 aromatic heterocycles. The second-order valence-electron chi connectivity index (χ2n) is 6.02. The van der Waals surface area contributed by atoms with Crippen molar-refractivity contribution in [2.45, 2.75) is 68.6 Å². The Morgan fingerprint density at radius 3 is 2.92 bits per heavy atom. The zero-order valence-corrected chi connectivity index (χ0v) is 8.92. The van der Waals surface area contributed by atoms with Crippen LogP contribution in [-0.2, 0) is 0 Å². The van der Waals surface area contributed by atoms with Gasteiger partial charge in [-0.3, -0.25) is 0 Å². The maximum atomic E-state index is 2.69. The van der Waals surface area contributed by atoms with E-state index in [0.717, 1.165) is 29.4 Å². The first-order valence-corrected chi connectivity index (χ1v) is 6.07. The number of rotatable bonds is 2. The Balaban J connectivity index is 1.76. The highest BCUT2D eigenvalue weighted by molar-refractivity contribution is 6.82. The molecule has 0 saturated carbocycles. The van der Waals surface area contributed by atoms with Crippen molar-refractivity contribution >= 4 is 14.0 Å². The molecule has 0 amide bonds. The second-order valence-corrected chi connectivity index (χ2v) is 6.02. The summed E-state index contributed by atoms with van der Waals surface area (Å²) in [6, 6.07) is 0. The molecule has 0 bridgehead atoms. The van der Waals surface area contributed by atoms with Gasteiger partial charge in [-0.15, -0.1) is 0 Å². The molecule has 3 aliphatic rings. The molecule has 0 aliphatic carbocycles. The van der Waals surface area contributed by atoms with Crippen LogP contribution >= 0.6 is 0 Å². The van der Waals surface area contributed by atoms with Gasteiger partial charge in [0.1, 0.15) is 14.0 Å². The van der Waals surface area contributed by atoms with Crippen LogP contribution in [0.5, 0.6) is 0 Å². The molecule has 3 aliphatic heterocycles. The van der Waals surface area contributed by atoms with Gasteiger partial charge in [0.05, 0.1) is 0 Å². The van der Waals surface area contributed by atoms with Crippen LogP contribution in [0.3, 0.4) is 0 Å². The number of hydrogen-bond donors (Lipinski definition) is 0. The minimum Gasteiger partial charge on any atom is -0.0767 e. The summed E-state index contributed by atoms with van der Waals surface area (Å²) in [6.45, 7) is 5.85. The zero-order valence-electron chi connectivity index (χ0n) is 8.92. The van der Waals surface area contributed by atoms with E-state index in [9.17, 15) is 0 Å². The van der Waals surface area contributed by atoms with Crippen LogP contribution in [0.25, 0.3) is 0 Å². The Morgan fingerprint density at radius 1 is 1.38 bits per heavy atom. The highest BCUT2D eigenvalue weighted by Crippen LogP contribution is 2.73. The van der Waals surface area contributed by atoms with Gasteiger partial charge in [0, 0.05) is 0 Å². The number of hydrogen-bond acceptors (Lipinski definition) is 0. The third-order valence-electron chi connectivity index (χ3n) is 4.81. The van der Waals surface area contributed by atoms with Gasteiger partial charge >= 0.3 is 0 Å². The van der Waals surface area contributed by atoms with Gasteiger partial charge in [-0.05, 0) is 0 Å². The van der Waals surface area contributed by atoms with Gasteiger partial charge in [-0.25, -0.2) is 0 Å². The molecule has 0 nitrogen and oxygen atoms in total. The molecule has 69 valence electrons. The molecule has 1 radical (unpaired) electrons. The van der Waals surface area contributed by atoms with E-state index in [1.807, 2.05) is 0 Å². The van der Waals surface area contributed by atoms with Crippen molar-refractivity contribution in [3.8, 4) is 0 Å². The molecule has 3 saturated heterocycles. The van der Waals surface area contributed by atoms with Crippen LogP contribution in [-0.4, -0.2) is 14.0 Å². The van der Waals surface area contributed by atoms with Gasteiger partial charge < -0.3 is 0 Å². The molecule has 3 heterocycles. The summed E-state index contributed by atoms with van der Waals surface area (Å²) in [5.41, 5.74) is 0. The molecule has 2 heteroatoms. The molecule has 0 aromatic carbocycles. The topological polar surface area (TPSA) is 0 Å². The molecule has 3 unspecified atom stereocenters. The monoisotopic (exact) mass is 173 g/mol. The minimum absolute atomic E-state index is 0.736. The summed E-state index contributed by atoms with van der Waals surface area (Å²) in [4.78, 5) is 0. The maximum Gasteiger partial charge on any atom is 0.144 e. The molecular weight excluding hydrogens is 154 g/mol. The molecule has 13 heavy (non-hydrogen) atoms. The van der Waals surface area contributed by atoms with Gasteiger partial charge in [0.25, 0.3) is 0 Å². The van der Waals surface area contributed by atoms with Gasteiger partial charge in [-0.2, -0.15) is 0 Å². The van der Waals surface area contributed by atoms with Crippen molar-refractivity contribution in [3.63, 3.8) is 0 Å². The normalized spacial score (nSPS) is 46.5. The molecule has 3 fully saturated rings. The first-order chi connectivity index (χ1) is 6.21. The second kappa shape index (κ2) is 2.58. The lowest BCUT2D eigenvalue weighted by atomic mass is 8.96. The molecule has 3 atom stereocenters. The highest BCUT2D eigenvalue weighted by Gasteiger charge is 2.65. The van der Waals surface area contributed by atoms with Crippen LogP contribution in [0.15, 0.2) is 0 Å². The van der Waals surface area contributed by atoms with E-state index in [-0.39, 0.29) is 0 Å². The fraction of sp³-hybridized carbons (Fsp3) is 1.00. The maximum absolute atomic E-state index is 2.69. The third-order valence-corrected chi connectivity index (χ3v) is 4.81. The van der Waals surface area contributed by atoms with Crippen LogP contribution < -0.4 is 0 Å². The van der Waals surface area contributed by atoms with Crippen molar-refractivity contribution in [1.29, 1.82) is 0 Å². The summed E-state index contributed by atoms with van der Waals surface area (Å²) in [7, 11) is 2.69. The summed E-state index contributed by atoms with van der Waals surface area (Å²) in [5.74, 6) is 3.10. The van der Waals surface area contributed by atoms with E-state index in [4.69, 9.17) is 0 Å². The quantitative estimate of drug-likeness (QED) is 0.560. The van der Waals surface area contributed by atoms with Crippen LogP contribution in [0.2, 0.25) is 22.7 Å². The predicted molar refractivity (Wildman–Crippen MR) is 59.9 cm³/mol. The average Bonchev–Trinajstić information content (AvgIpc) is 1.93. The van der Waals surface area contributed by atoms with Gasteiger partial charge in [-0.1, -0.05) is 68.6 Å². The van der Waals surface area contributed by atoms with E-state index in [1.54, 1.807) is 19.3 Å². The molecule has 0 aromatic rings. The first-order valence-electron chi connectivity index (χ1n) is 6.07. The molecule has 3 rings (SSSR count). The van der Waals surface area contributed by atoms with Crippen LogP contribution in [0, 0.1) is 0 Å². The van der Waals surface area contributed by atoms with E-state index >= 15 is 0 Å². The minimum atomic E-state index is 0.736. The molecule has 0 N–H and O–H groups in total. The Kier molecular flexibility index (Phi) is 1.68. The van der Waals surface area contributed by atoms with Crippen molar-refractivity contribution < 1.29 is 0 Å². The van der Waals surface area contributed by atoms with E-state index in [2.05, 4.69) is 21.1 Å². The fourth-order valence-electron chi connectivity index (χ4n) is 4.67. The van der Waals surface area contributed by atoms with Gasteiger partial charge in [0.15, 0.2) is 0 Å². The molecular formula is C11H19B2.